The minimum Gasteiger partial charge on any atom is -0.396 e. The van der Waals surface area contributed by atoms with E-state index in [0.29, 0.717) is 11.8 Å². The molecule has 2 heteroatoms. The molecule has 2 aliphatic rings. The topological polar surface area (TPSA) is 40.5 Å². The van der Waals surface area contributed by atoms with Crippen LogP contribution in [0.3, 0.4) is 0 Å². The summed E-state index contributed by atoms with van der Waals surface area (Å²) in [6, 6.07) is 0. The lowest BCUT2D eigenvalue weighted by Crippen LogP contribution is -2.32. The van der Waals surface area contributed by atoms with Crippen molar-refractivity contribution >= 4 is 0 Å². The molecule has 2 saturated carbocycles. The molecule has 2 fully saturated rings. The van der Waals surface area contributed by atoms with E-state index in [4.69, 9.17) is 0 Å². The molecule has 2 N–H and O–H groups in total. The van der Waals surface area contributed by atoms with Gasteiger partial charge in [-0.05, 0) is 37.5 Å². The Morgan fingerprint density at radius 1 is 1.42 bits per heavy atom. The lowest BCUT2D eigenvalue weighted by molar-refractivity contribution is 0.0395. The summed E-state index contributed by atoms with van der Waals surface area (Å²) < 4.78 is 0. The highest BCUT2D eigenvalue weighted by molar-refractivity contribution is 5.06. The maximum absolute atomic E-state index is 9.71. The lowest BCUT2D eigenvalue weighted by atomic mass is 9.76. The summed E-state index contributed by atoms with van der Waals surface area (Å²) in [4.78, 5) is 0. The van der Waals surface area contributed by atoms with Gasteiger partial charge in [-0.25, -0.2) is 0 Å². The standard InChI is InChI=1S/C10H18O2/c1-2-10(6-11)7-3-4-8(10)9(12)5-7/h7-9,11-12H,2-6H2,1H3. The molecule has 0 aliphatic heterocycles. The molecule has 2 aliphatic carbocycles. The summed E-state index contributed by atoms with van der Waals surface area (Å²) >= 11 is 0. The number of hydrogen-bond donors (Lipinski definition) is 2. The fourth-order valence-electron chi connectivity index (χ4n) is 3.55. The Bertz CT molecular complexity index is 175. The van der Waals surface area contributed by atoms with Crippen molar-refractivity contribution < 1.29 is 10.2 Å². The molecule has 2 nitrogen and oxygen atoms in total. The van der Waals surface area contributed by atoms with E-state index in [-0.39, 0.29) is 18.1 Å². The van der Waals surface area contributed by atoms with Gasteiger partial charge in [-0.15, -0.1) is 0 Å². The van der Waals surface area contributed by atoms with E-state index in [9.17, 15) is 10.2 Å². The first-order chi connectivity index (χ1) is 5.74. The van der Waals surface area contributed by atoms with Crippen molar-refractivity contribution in [3.05, 3.63) is 0 Å². The van der Waals surface area contributed by atoms with Crippen LogP contribution < -0.4 is 0 Å². The van der Waals surface area contributed by atoms with Gasteiger partial charge in [0.05, 0.1) is 6.10 Å². The molecule has 70 valence electrons. The van der Waals surface area contributed by atoms with Crippen molar-refractivity contribution in [2.45, 2.75) is 38.7 Å². The van der Waals surface area contributed by atoms with Gasteiger partial charge in [-0.1, -0.05) is 6.92 Å². The first-order valence-corrected chi connectivity index (χ1v) is 5.03. The van der Waals surface area contributed by atoms with Gasteiger partial charge in [-0.3, -0.25) is 0 Å². The highest BCUT2D eigenvalue weighted by Gasteiger charge is 2.56. The summed E-state index contributed by atoms with van der Waals surface area (Å²) in [5.74, 6) is 0.977. The van der Waals surface area contributed by atoms with Crippen LogP contribution in [0.1, 0.15) is 32.6 Å². The predicted octanol–water partition coefficient (Wildman–Crippen LogP) is 1.17. The van der Waals surface area contributed by atoms with Gasteiger partial charge in [0, 0.05) is 12.0 Å². The summed E-state index contributed by atoms with van der Waals surface area (Å²) in [5, 5.41) is 19.1. The zero-order valence-corrected chi connectivity index (χ0v) is 7.66. The zero-order chi connectivity index (χ0) is 8.77. The fraction of sp³-hybridized carbons (Fsp3) is 1.00. The SMILES string of the molecule is CCC1(CO)C2CCC1C(O)C2. The third-order valence-electron chi connectivity index (χ3n) is 4.32. The number of hydrogen-bond acceptors (Lipinski definition) is 2. The van der Waals surface area contributed by atoms with E-state index < -0.39 is 0 Å². The van der Waals surface area contributed by atoms with Crippen molar-refractivity contribution in [3.8, 4) is 0 Å². The van der Waals surface area contributed by atoms with Crippen LogP contribution in [0.15, 0.2) is 0 Å². The predicted molar refractivity (Wildman–Crippen MR) is 46.6 cm³/mol. The average Bonchev–Trinajstić information content (AvgIpc) is 2.56. The van der Waals surface area contributed by atoms with Crippen molar-refractivity contribution in [2.24, 2.45) is 17.3 Å². The molecular formula is C10H18O2. The molecule has 2 rings (SSSR count). The van der Waals surface area contributed by atoms with Crippen molar-refractivity contribution in [2.75, 3.05) is 6.61 Å². The summed E-state index contributed by atoms with van der Waals surface area (Å²) in [7, 11) is 0. The van der Waals surface area contributed by atoms with Gasteiger partial charge in [-0.2, -0.15) is 0 Å². The van der Waals surface area contributed by atoms with Gasteiger partial charge in [0.2, 0.25) is 0 Å². The van der Waals surface area contributed by atoms with Crippen LogP contribution in [-0.2, 0) is 0 Å². The second kappa shape index (κ2) is 2.71. The van der Waals surface area contributed by atoms with E-state index in [1.165, 1.54) is 6.42 Å². The van der Waals surface area contributed by atoms with Gasteiger partial charge < -0.3 is 10.2 Å². The van der Waals surface area contributed by atoms with E-state index in [0.717, 1.165) is 19.3 Å². The lowest BCUT2D eigenvalue weighted by Gasteiger charge is -2.31. The number of aliphatic hydroxyl groups excluding tert-OH is 2. The number of aliphatic hydroxyl groups is 2. The normalized spacial score (nSPS) is 51.8. The van der Waals surface area contributed by atoms with E-state index >= 15 is 0 Å². The Labute approximate surface area is 73.6 Å². The maximum Gasteiger partial charge on any atom is 0.0577 e. The zero-order valence-electron chi connectivity index (χ0n) is 7.66. The van der Waals surface area contributed by atoms with Crippen LogP contribution in [0.4, 0.5) is 0 Å². The third kappa shape index (κ3) is 0.826. The molecule has 12 heavy (non-hydrogen) atoms. The Hall–Kier alpha value is -0.0800. The molecule has 4 atom stereocenters. The maximum atomic E-state index is 9.71. The van der Waals surface area contributed by atoms with Gasteiger partial charge in [0.1, 0.15) is 0 Å². The Morgan fingerprint density at radius 3 is 2.42 bits per heavy atom. The third-order valence-corrected chi connectivity index (χ3v) is 4.32. The first-order valence-electron chi connectivity index (χ1n) is 5.03. The molecular weight excluding hydrogens is 152 g/mol. The molecule has 0 aromatic heterocycles. The molecule has 0 saturated heterocycles. The fourth-order valence-corrected chi connectivity index (χ4v) is 3.55. The van der Waals surface area contributed by atoms with Gasteiger partial charge >= 0.3 is 0 Å². The summed E-state index contributed by atoms with van der Waals surface area (Å²) in [6.45, 7) is 2.41. The van der Waals surface area contributed by atoms with E-state index in [1.54, 1.807) is 0 Å². The minimum absolute atomic E-state index is 0.0828. The van der Waals surface area contributed by atoms with Gasteiger partial charge in [0.25, 0.3) is 0 Å². The Morgan fingerprint density at radius 2 is 2.17 bits per heavy atom. The highest BCUT2D eigenvalue weighted by Crippen LogP contribution is 2.59. The van der Waals surface area contributed by atoms with Crippen molar-refractivity contribution in [1.82, 2.24) is 0 Å². The second-order valence-corrected chi connectivity index (χ2v) is 4.43. The minimum atomic E-state index is -0.129. The monoisotopic (exact) mass is 170 g/mol. The summed E-state index contributed by atoms with van der Waals surface area (Å²) in [5.41, 5.74) is 0.0828. The largest absolute Gasteiger partial charge is 0.396 e. The molecule has 0 amide bonds. The molecule has 4 unspecified atom stereocenters. The first kappa shape index (κ1) is 8.52. The second-order valence-electron chi connectivity index (χ2n) is 4.43. The molecule has 2 bridgehead atoms. The van der Waals surface area contributed by atoms with Crippen LogP contribution in [0.25, 0.3) is 0 Å². The number of rotatable bonds is 2. The van der Waals surface area contributed by atoms with Crippen molar-refractivity contribution in [1.29, 1.82) is 0 Å². The molecule has 0 spiro atoms. The average molecular weight is 170 g/mol. The van der Waals surface area contributed by atoms with Gasteiger partial charge in [0.15, 0.2) is 0 Å². The van der Waals surface area contributed by atoms with E-state index in [2.05, 4.69) is 6.92 Å². The van der Waals surface area contributed by atoms with Crippen LogP contribution >= 0.6 is 0 Å². The van der Waals surface area contributed by atoms with Crippen LogP contribution in [0.5, 0.6) is 0 Å². The molecule has 0 radical (unpaired) electrons. The van der Waals surface area contributed by atoms with Crippen molar-refractivity contribution in [3.63, 3.8) is 0 Å². The Kier molecular flexibility index (Phi) is 1.92. The van der Waals surface area contributed by atoms with Crippen LogP contribution in [0, 0.1) is 17.3 Å². The Balaban J connectivity index is 2.26. The van der Waals surface area contributed by atoms with Crippen LogP contribution in [0.2, 0.25) is 0 Å². The molecule has 0 aromatic rings. The van der Waals surface area contributed by atoms with E-state index in [1.807, 2.05) is 0 Å². The molecule has 0 heterocycles. The number of fused-ring (bicyclic) bond motifs is 2. The smallest absolute Gasteiger partial charge is 0.0577 e. The van der Waals surface area contributed by atoms with Crippen LogP contribution in [-0.4, -0.2) is 22.9 Å². The summed E-state index contributed by atoms with van der Waals surface area (Å²) in [6.07, 6.45) is 4.17. The molecule has 0 aromatic carbocycles. The quantitative estimate of drug-likeness (QED) is 0.653. The highest BCUT2D eigenvalue weighted by atomic mass is 16.3.